The molecule has 4 heteroatoms. The highest BCUT2D eigenvalue weighted by Crippen LogP contribution is 2.37. The Balaban J connectivity index is 0.00000120. The van der Waals surface area contributed by atoms with E-state index in [2.05, 4.69) is 4.90 Å². The lowest BCUT2D eigenvalue weighted by Gasteiger charge is -2.26. The maximum absolute atomic E-state index is 12.1. The van der Waals surface area contributed by atoms with Crippen LogP contribution in [-0.2, 0) is 4.79 Å². The number of nitrogens with two attached hydrogens (primary N) is 1. The molecular formula is C14H25ClN2O. The van der Waals surface area contributed by atoms with Crippen molar-refractivity contribution in [3.63, 3.8) is 0 Å². The van der Waals surface area contributed by atoms with Gasteiger partial charge in [0, 0.05) is 25.6 Å². The van der Waals surface area contributed by atoms with Gasteiger partial charge in [-0.25, -0.2) is 0 Å². The second-order valence-electron chi connectivity index (χ2n) is 6.30. The van der Waals surface area contributed by atoms with E-state index in [1.807, 2.05) is 0 Å². The van der Waals surface area contributed by atoms with E-state index >= 15 is 0 Å². The molecule has 2 N–H and O–H groups in total. The van der Waals surface area contributed by atoms with Crippen molar-refractivity contribution in [3.05, 3.63) is 0 Å². The predicted octanol–water partition coefficient (Wildman–Crippen LogP) is 2.18. The van der Waals surface area contributed by atoms with Crippen LogP contribution in [0, 0.1) is 17.8 Å². The molecule has 0 spiro atoms. The third kappa shape index (κ3) is 2.67. The van der Waals surface area contributed by atoms with E-state index in [0.717, 1.165) is 31.8 Å². The van der Waals surface area contributed by atoms with Crippen molar-refractivity contribution in [1.29, 1.82) is 0 Å². The molecule has 0 aromatic heterocycles. The molecule has 0 radical (unpaired) electrons. The average Bonchev–Trinajstić information content (AvgIpc) is 2.79. The number of amides is 1. The first-order valence-electron chi connectivity index (χ1n) is 7.27. The molecule has 3 atom stereocenters. The highest BCUT2D eigenvalue weighted by atomic mass is 35.5. The lowest BCUT2D eigenvalue weighted by molar-refractivity contribution is -0.130. The Morgan fingerprint density at radius 3 is 2.56 bits per heavy atom. The molecule has 0 bridgehead atoms. The Labute approximate surface area is 116 Å². The van der Waals surface area contributed by atoms with Crippen molar-refractivity contribution in [3.8, 4) is 0 Å². The van der Waals surface area contributed by atoms with Crippen molar-refractivity contribution in [1.82, 2.24) is 4.90 Å². The zero-order valence-electron chi connectivity index (χ0n) is 11.0. The number of likely N-dealkylation sites (tertiary alicyclic amines) is 1. The van der Waals surface area contributed by atoms with Gasteiger partial charge in [-0.05, 0) is 37.0 Å². The lowest BCUT2D eigenvalue weighted by Crippen LogP contribution is -2.33. The second-order valence-corrected chi connectivity index (χ2v) is 6.30. The van der Waals surface area contributed by atoms with Gasteiger partial charge in [-0.2, -0.15) is 0 Å². The number of rotatable bonds is 3. The van der Waals surface area contributed by atoms with Gasteiger partial charge in [0.1, 0.15) is 0 Å². The third-order valence-electron chi connectivity index (χ3n) is 5.26. The molecule has 3 rings (SSSR count). The molecule has 2 saturated carbocycles. The highest BCUT2D eigenvalue weighted by Gasteiger charge is 2.42. The van der Waals surface area contributed by atoms with Crippen LogP contribution < -0.4 is 5.73 Å². The van der Waals surface area contributed by atoms with Crippen LogP contribution in [0.25, 0.3) is 0 Å². The number of halogens is 1. The van der Waals surface area contributed by atoms with Crippen LogP contribution >= 0.6 is 12.4 Å². The van der Waals surface area contributed by atoms with Gasteiger partial charge < -0.3 is 10.6 Å². The van der Waals surface area contributed by atoms with E-state index < -0.39 is 0 Å². The minimum absolute atomic E-state index is 0. The first kappa shape index (κ1) is 14.1. The van der Waals surface area contributed by atoms with Crippen molar-refractivity contribution in [2.45, 2.75) is 51.0 Å². The Hall–Kier alpha value is -0.280. The van der Waals surface area contributed by atoms with Gasteiger partial charge in [-0.3, -0.25) is 4.79 Å². The molecule has 1 amide bonds. The number of carbonyl (C=O) groups is 1. The molecule has 0 aromatic carbocycles. The second kappa shape index (κ2) is 5.79. The topological polar surface area (TPSA) is 46.3 Å². The average molecular weight is 273 g/mol. The summed E-state index contributed by atoms with van der Waals surface area (Å²) in [6.07, 6.45) is 8.38. The Morgan fingerprint density at radius 1 is 1.17 bits per heavy atom. The van der Waals surface area contributed by atoms with Gasteiger partial charge in [-0.15, -0.1) is 12.4 Å². The number of hydrogen-bond acceptors (Lipinski definition) is 2. The molecule has 1 heterocycles. The summed E-state index contributed by atoms with van der Waals surface area (Å²) in [7, 11) is 0. The maximum atomic E-state index is 12.1. The molecule has 1 aliphatic heterocycles. The van der Waals surface area contributed by atoms with E-state index in [4.69, 9.17) is 5.73 Å². The lowest BCUT2D eigenvalue weighted by atomic mass is 9.82. The highest BCUT2D eigenvalue weighted by molar-refractivity contribution is 5.85. The summed E-state index contributed by atoms with van der Waals surface area (Å²) in [6, 6.07) is 0.351. The fraction of sp³-hybridized carbons (Fsp3) is 0.929. The predicted molar refractivity (Wildman–Crippen MR) is 74.6 cm³/mol. The SMILES string of the molecule is Cl.NC1CCC2CN(C(=O)CCC3CCC3)CC12. The molecule has 2 aliphatic carbocycles. The largest absolute Gasteiger partial charge is 0.342 e. The molecule has 0 aromatic rings. The van der Waals surface area contributed by atoms with Crippen LogP contribution in [0.15, 0.2) is 0 Å². The Kier molecular flexibility index (Phi) is 4.54. The fourth-order valence-corrected chi connectivity index (χ4v) is 3.78. The standard InChI is InChI=1S/C14H24N2O.ClH/c15-13-6-5-11-8-16(9-12(11)13)14(17)7-4-10-2-1-3-10;/h10-13H,1-9,15H2;1H. The van der Waals surface area contributed by atoms with E-state index in [0.29, 0.717) is 23.8 Å². The maximum Gasteiger partial charge on any atom is 0.222 e. The smallest absolute Gasteiger partial charge is 0.222 e. The molecule has 104 valence electrons. The van der Waals surface area contributed by atoms with Gasteiger partial charge in [0.05, 0.1) is 0 Å². The summed E-state index contributed by atoms with van der Waals surface area (Å²) in [5.74, 6) is 2.54. The zero-order valence-corrected chi connectivity index (χ0v) is 11.8. The van der Waals surface area contributed by atoms with E-state index in [1.54, 1.807) is 0 Å². The van der Waals surface area contributed by atoms with Crippen LogP contribution in [-0.4, -0.2) is 29.9 Å². The van der Waals surface area contributed by atoms with E-state index in [9.17, 15) is 4.79 Å². The van der Waals surface area contributed by atoms with E-state index in [1.165, 1.54) is 32.1 Å². The first-order chi connectivity index (χ1) is 8.24. The number of carbonyl (C=O) groups excluding carboxylic acids is 1. The molecule has 3 nitrogen and oxygen atoms in total. The van der Waals surface area contributed by atoms with Gasteiger partial charge in [-0.1, -0.05) is 19.3 Å². The van der Waals surface area contributed by atoms with Crippen molar-refractivity contribution in [2.24, 2.45) is 23.5 Å². The monoisotopic (exact) mass is 272 g/mol. The van der Waals surface area contributed by atoms with Crippen LogP contribution in [0.5, 0.6) is 0 Å². The molecule has 3 fully saturated rings. The quantitative estimate of drug-likeness (QED) is 0.856. The third-order valence-corrected chi connectivity index (χ3v) is 5.26. The van der Waals surface area contributed by atoms with Gasteiger partial charge in [0.25, 0.3) is 0 Å². The van der Waals surface area contributed by atoms with Crippen molar-refractivity contribution >= 4 is 18.3 Å². The van der Waals surface area contributed by atoms with E-state index in [-0.39, 0.29) is 12.4 Å². The molecule has 1 saturated heterocycles. The fourth-order valence-electron chi connectivity index (χ4n) is 3.78. The number of hydrogen-bond donors (Lipinski definition) is 1. The molecule has 3 unspecified atom stereocenters. The van der Waals surface area contributed by atoms with Crippen molar-refractivity contribution in [2.75, 3.05) is 13.1 Å². The minimum Gasteiger partial charge on any atom is -0.342 e. The summed E-state index contributed by atoms with van der Waals surface area (Å²) >= 11 is 0. The van der Waals surface area contributed by atoms with Gasteiger partial charge >= 0.3 is 0 Å². The number of nitrogens with zero attached hydrogens (tertiary/aromatic N) is 1. The Morgan fingerprint density at radius 2 is 1.94 bits per heavy atom. The van der Waals surface area contributed by atoms with Gasteiger partial charge in [0.2, 0.25) is 5.91 Å². The van der Waals surface area contributed by atoms with Crippen LogP contribution in [0.4, 0.5) is 0 Å². The van der Waals surface area contributed by atoms with Gasteiger partial charge in [0.15, 0.2) is 0 Å². The minimum atomic E-state index is 0. The van der Waals surface area contributed by atoms with Crippen LogP contribution in [0.2, 0.25) is 0 Å². The summed E-state index contributed by atoms with van der Waals surface area (Å²) < 4.78 is 0. The summed E-state index contributed by atoms with van der Waals surface area (Å²) in [4.78, 5) is 14.2. The van der Waals surface area contributed by atoms with Crippen molar-refractivity contribution < 1.29 is 4.79 Å². The zero-order chi connectivity index (χ0) is 11.8. The van der Waals surface area contributed by atoms with Crippen LogP contribution in [0.1, 0.15) is 44.9 Å². The molecule has 3 aliphatic rings. The normalized spacial score (nSPS) is 34.9. The summed E-state index contributed by atoms with van der Waals surface area (Å²) in [5.41, 5.74) is 6.10. The summed E-state index contributed by atoms with van der Waals surface area (Å²) in [6.45, 7) is 1.93. The first-order valence-corrected chi connectivity index (χ1v) is 7.27. The Bertz CT molecular complexity index is 306. The summed E-state index contributed by atoms with van der Waals surface area (Å²) in [5, 5.41) is 0. The molecular weight excluding hydrogens is 248 g/mol. The van der Waals surface area contributed by atoms with Crippen LogP contribution in [0.3, 0.4) is 0 Å². The number of fused-ring (bicyclic) bond motifs is 1. The molecule has 18 heavy (non-hydrogen) atoms.